The number of nitrogens with zero attached hydrogens (tertiary/aromatic N) is 2. The van der Waals surface area contributed by atoms with E-state index in [0.717, 1.165) is 12.1 Å². The Morgan fingerprint density at radius 2 is 2.04 bits per heavy atom. The van der Waals surface area contributed by atoms with E-state index in [-0.39, 0.29) is 11.8 Å². The number of ether oxygens (including phenoxy) is 1. The van der Waals surface area contributed by atoms with Crippen LogP contribution in [0.2, 0.25) is 0 Å². The summed E-state index contributed by atoms with van der Waals surface area (Å²) >= 11 is 0. The number of hydrogen-bond donors (Lipinski definition) is 1. The Hall–Kier alpha value is -3.08. The molecule has 2 unspecified atom stereocenters. The van der Waals surface area contributed by atoms with Crippen LogP contribution in [0.25, 0.3) is 5.69 Å². The average molecular weight is 333 g/mol. The molecule has 2 aromatic carbocycles. The number of benzene rings is 2. The van der Waals surface area contributed by atoms with Crippen LogP contribution < -0.4 is 10.1 Å². The van der Waals surface area contributed by atoms with Gasteiger partial charge in [-0.2, -0.15) is 5.10 Å². The summed E-state index contributed by atoms with van der Waals surface area (Å²) in [5.74, 6) is 1.01. The first-order chi connectivity index (χ1) is 12.3. The second-order valence-corrected chi connectivity index (χ2v) is 6.18. The molecular weight excluding hydrogens is 314 g/mol. The van der Waals surface area contributed by atoms with Crippen molar-refractivity contribution in [2.24, 2.45) is 5.92 Å². The zero-order valence-electron chi connectivity index (χ0n) is 13.9. The molecular formula is C20H19N3O2. The summed E-state index contributed by atoms with van der Waals surface area (Å²) in [7, 11) is 1.60. The quantitative estimate of drug-likeness (QED) is 0.776. The fourth-order valence-corrected chi connectivity index (χ4v) is 3.13. The molecule has 1 aliphatic rings. The lowest BCUT2D eigenvalue weighted by Gasteiger charge is -2.12. The highest BCUT2D eigenvalue weighted by atomic mass is 16.5. The van der Waals surface area contributed by atoms with Crippen LogP contribution in [-0.2, 0) is 4.79 Å². The van der Waals surface area contributed by atoms with Gasteiger partial charge in [0.1, 0.15) is 5.75 Å². The maximum atomic E-state index is 12.6. The molecule has 1 N–H and O–H groups in total. The van der Waals surface area contributed by atoms with Crippen molar-refractivity contribution in [3.8, 4) is 11.4 Å². The maximum absolute atomic E-state index is 12.6. The van der Waals surface area contributed by atoms with Gasteiger partial charge in [-0.25, -0.2) is 4.68 Å². The zero-order valence-corrected chi connectivity index (χ0v) is 13.9. The Morgan fingerprint density at radius 1 is 1.20 bits per heavy atom. The Bertz CT molecular complexity index is 875. The van der Waals surface area contributed by atoms with Crippen molar-refractivity contribution < 1.29 is 9.53 Å². The van der Waals surface area contributed by atoms with E-state index in [0.29, 0.717) is 17.4 Å². The van der Waals surface area contributed by atoms with Gasteiger partial charge in [0, 0.05) is 24.4 Å². The summed E-state index contributed by atoms with van der Waals surface area (Å²) in [6.45, 7) is 0. The minimum atomic E-state index is 0.0258. The Kier molecular flexibility index (Phi) is 3.98. The van der Waals surface area contributed by atoms with E-state index >= 15 is 0 Å². The molecule has 4 rings (SSSR count). The first-order valence-electron chi connectivity index (χ1n) is 8.30. The molecule has 0 bridgehead atoms. The molecule has 5 heteroatoms. The van der Waals surface area contributed by atoms with E-state index < -0.39 is 0 Å². The summed E-state index contributed by atoms with van der Waals surface area (Å²) in [5, 5.41) is 7.21. The number of carbonyl (C=O) groups is 1. The number of hydrogen-bond acceptors (Lipinski definition) is 3. The first-order valence-corrected chi connectivity index (χ1v) is 8.30. The van der Waals surface area contributed by atoms with Gasteiger partial charge < -0.3 is 10.1 Å². The van der Waals surface area contributed by atoms with E-state index in [1.54, 1.807) is 18.0 Å². The van der Waals surface area contributed by atoms with Crippen LogP contribution in [0, 0.1) is 5.92 Å². The molecule has 25 heavy (non-hydrogen) atoms. The third-order valence-corrected chi connectivity index (χ3v) is 4.57. The van der Waals surface area contributed by atoms with Crippen LogP contribution in [0.1, 0.15) is 17.9 Å². The van der Waals surface area contributed by atoms with Gasteiger partial charge in [0.25, 0.3) is 0 Å². The van der Waals surface area contributed by atoms with E-state index in [1.807, 2.05) is 48.7 Å². The molecule has 1 heterocycles. The fourth-order valence-electron chi connectivity index (χ4n) is 3.13. The molecule has 1 aliphatic carbocycles. The summed E-state index contributed by atoms with van der Waals surface area (Å²) in [6, 6.07) is 17.7. The van der Waals surface area contributed by atoms with E-state index in [2.05, 4.69) is 22.5 Å². The molecule has 1 amide bonds. The lowest BCUT2D eigenvalue weighted by atomic mass is 10.1. The van der Waals surface area contributed by atoms with Gasteiger partial charge in [0.15, 0.2) is 0 Å². The number of aromatic nitrogens is 2. The van der Waals surface area contributed by atoms with E-state index in [4.69, 9.17) is 4.74 Å². The predicted molar refractivity (Wildman–Crippen MR) is 96.0 cm³/mol. The lowest BCUT2D eigenvalue weighted by molar-refractivity contribution is -0.117. The lowest BCUT2D eigenvalue weighted by Crippen LogP contribution is -2.15. The van der Waals surface area contributed by atoms with Gasteiger partial charge in [0.2, 0.25) is 5.91 Å². The van der Waals surface area contributed by atoms with Crippen molar-refractivity contribution in [2.45, 2.75) is 12.3 Å². The number of anilines is 1. The highest BCUT2D eigenvalue weighted by Crippen LogP contribution is 2.48. The van der Waals surface area contributed by atoms with Crippen LogP contribution in [-0.4, -0.2) is 22.8 Å². The summed E-state index contributed by atoms with van der Waals surface area (Å²) in [4.78, 5) is 12.6. The third-order valence-electron chi connectivity index (χ3n) is 4.57. The monoisotopic (exact) mass is 333 g/mol. The number of nitrogens with one attached hydrogen (secondary N) is 1. The van der Waals surface area contributed by atoms with Gasteiger partial charge in [-0.15, -0.1) is 0 Å². The van der Waals surface area contributed by atoms with Crippen LogP contribution in [0.4, 0.5) is 5.69 Å². The average Bonchev–Trinajstić information content (AvgIpc) is 3.28. The Balaban J connectivity index is 1.48. The summed E-state index contributed by atoms with van der Waals surface area (Å²) in [5.41, 5.74) is 2.79. The number of carbonyl (C=O) groups excluding carboxylic acids is 1. The highest BCUT2D eigenvalue weighted by Gasteiger charge is 2.43. The van der Waals surface area contributed by atoms with Crippen LogP contribution in [0.3, 0.4) is 0 Å². The molecule has 0 radical (unpaired) electrons. The standard InChI is InChI=1S/C20H19N3O2/c1-25-19-12-15(23-11-5-10-21-23)8-9-18(19)22-20(24)17-13-16(17)14-6-3-2-4-7-14/h2-12,16-17H,13H2,1H3,(H,22,24). The minimum absolute atomic E-state index is 0.0258. The minimum Gasteiger partial charge on any atom is -0.494 e. The van der Waals surface area contributed by atoms with Crippen molar-refractivity contribution in [3.63, 3.8) is 0 Å². The third kappa shape index (κ3) is 3.13. The molecule has 3 aromatic rings. The number of rotatable bonds is 5. The molecule has 126 valence electrons. The smallest absolute Gasteiger partial charge is 0.228 e. The zero-order chi connectivity index (χ0) is 17.2. The normalized spacial score (nSPS) is 18.6. The van der Waals surface area contributed by atoms with E-state index in [9.17, 15) is 4.79 Å². The summed E-state index contributed by atoms with van der Waals surface area (Å²) in [6.07, 6.45) is 4.48. The molecule has 0 saturated heterocycles. The van der Waals surface area contributed by atoms with Crippen molar-refractivity contribution >= 4 is 11.6 Å². The topological polar surface area (TPSA) is 56.1 Å². The summed E-state index contributed by atoms with van der Waals surface area (Å²) < 4.78 is 7.19. The van der Waals surface area contributed by atoms with E-state index in [1.165, 1.54) is 5.56 Å². The highest BCUT2D eigenvalue weighted by molar-refractivity contribution is 5.96. The van der Waals surface area contributed by atoms with Crippen LogP contribution >= 0.6 is 0 Å². The fraction of sp³-hybridized carbons (Fsp3) is 0.200. The molecule has 1 aromatic heterocycles. The molecule has 0 aliphatic heterocycles. The van der Waals surface area contributed by atoms with Crippen LogP contribution in [0.15, 0.2) is 67.0 Å². The van der Waals surface area contributed by atoms with Crippen molar-refractivity contribution in [1.29, 1.82) is 0 Å². The number of amides is 1. The molecule has 2 atom stereocenters. The van der Waals surface area contributed by atoms with Gasteiger partial charge in [0.05, 0.1) is 18.5 Å². The first kappa shape index (κ1) is 15.4. The molecule has 1 fully saturated rings. The molecule has 0 spiro atoms. The van der Waals surface area contributed by atoms with Gasteiger partial charge in [-0.1, -0.05) is 30.3 Å². The largest absolute Gasteiger partial charge is 0.494 e. The van der Waals surface area contributed by atoms with Gasteiger partial charge in [-0.3, -0.25) is 4.79 Å². The van der Waals surface area contributed by atoms with Crippen molar-refractivity contribution in [3.05, 3.63) is 72.6 Å². The Labute approximate surface area is 146 Å². The SMILES string of the molecule is COc1cc(-n2cccn2)ccc1NC(=O)C1CC1c1ccccc1. The molecule has 5 nitrogen and oxygen atoms in total. The second-order valence-electron chi connectivity index (χ2n) is 6.18. The van der Waals surface area contributed by atoms with Gasteiger partial charge in [-0.05, 0) is 36.1 Å². The number of methoxy groups -OCH3 is 1. The van der Waals surface area contributed by atoms with Crippen molar-refractivity contribution in [2.75, 3.05) is 12.4 Å². The van der Waals surface area contributed by atoms with Crippen LogP contribution in [0.5, 0.6) is 5.75 Å². The van der Waals surface area contributed by atoms with Crippen molar-refractivity contribution in [1.82, 2.24) is 9.78 Å². The second kappa shape index (κ2) is 6.43. The molecule has 1 saturated carbocycles. The van der Waals surface area contributed by atoms with Gasteiger partial charge >= 0.3 is 0 Å². The maximum Gasteiger partial charge on any atom is 0.228 e. The Morgan fingerprint density at radius 3 is 2.76 bits per heavy atom. The predicted octanol–water partition coefficient (Wildman–Crippen LogP) is 3.62.